The second kappa shape index (κ2) is 13.3. The largest absolute Gasteiger partial charge is 0.359 e. The van der Waals surface area contributed by atoms with Crippen LogP contribution in [0.4, 0.5) is 0 Å². The van der Waals surface area contributed by atoms with Gasteiger partial charge in [-0.1, -0.05) is 19.0 Å². The summed E-state index contributed by atoms with van der Waals surface area (Å²) in [5.41, 5.74) is 0.974. The minimum absolute atomic E-state index is 0. The first kappa shape index (κ1) is 25.1. The van der Waals surface area contributed by atoms with E-state index in [0.29, 0.717) is 43.8 Å². The van der Waals surface area contributed by atoms with Crippen LogP contribution in [0.2, 0.25) is 0 Å². The van der Waals surface area contributed by atoms with Crippen LogP contribution in [0.5, 0.6) is 0 Å². The highest BCUT2D eigenvalue weighted by Crippen LogP contribution is 2.22. The van der Waals surface area contributed by atoms with E-state index < -0.39 is 10.0 Å². The first-order chi connectivity index (χ1) is 12.0. The molecule has 0 amide bonds. The average molecular weight is 501 g/mol. The molecule has 0 bridgehead atoms. The maximum Gasteiger partial charge on any atom is 0.211 e. The molecular formula is C16H32IN5O3S. The Balaban J connectivity index is 0.00000625. The molecule has 0 aliphatic carbocycles. The number of halogens is 1. The summed E-state index contributed by atoms with van der Waals surface area (Å²) in [6.45, 7) is 9.69. The molecule has 0 atom stereocenters. The van der Waals surface area contributed by atoms with Gasteiger partial charge in [0.15, 0.2) is 11.7 Å². The predicted molar refractivity (Wildman–Crippen MR) is 116 cm³/mol. The van der Waals surface area contributed by atoms with Gasteiger partial charge >= 0.3 is 0 Å². The van der Waals surface area contributed by atoms with Gasteiger partial charge in [0.25, 0.3) is 0 Å². The minimum Gasteiger partial charge on any atom is -0.359 e. The van der Waals surface area contributed by atoms with Crippen molar-refractivity contribution in [1.29, 1.82) is 0 Å². The van der Waals surface area contributed by atoms with Gasteiger partial charge in [-0.25, -0.2) is 18.1 Å². The summed E-state index contributed by atoms with van der Waals surface area (Å²) in [7, 11) is -3.17. The summed E-state index contributed by atoms with van der Waals surface area (Å²) in [6, 6.07) is 1.96. The smallest absolute Gasteiger partial charge is 0.211 e. The van der Waals surface area contributed by atoms with Crippen LogP contribution in [-0.2, 0) is 16.6 Å². The Kier molecular flexibility index (Phi) is 12.9. The molecule has 0 saturated carbocycles. The fourth-order valence-electron chi connectivity index (χ4n) is 2.29. The zero-order valence-corrected chi connectivity index (χ0v) is 19.2. The lowest BCUT2D eigenvalue weighted by Crippen LogP contribution is -2.41. The van der Waals surface area contributed by atoms with Gasteiger partial charge in [0.2, 0.25) is 10.0 Å². The van der Waals surface area contributed by atoms with Gasteiger partial charge < -0.3 is 15.2 Å². The molecule has 0 unspecified atom stereocenters. The molecule has 0 radical (unpaired) electrons. The molecule has 1 rings (SSSR count). The van der Waals surface area contributed by atoms with Crippen LogP contribution in [0.25, 0.3) is 0 Å². The quantitative estimate of drug-likeness (QED) is 0.186. The summed E-state index contributed by atoms with van der Waals surface area (Å²) in [5, 5.41) is 10.3. The zero-order valence-electron chi connectivity index (χ0n) is 16.0. The molecule has 0 aliphatic heterocycles. The van der Waals surface area contributed by atoms with Gasteiger partial charge in [-0.2, -0.15) is 0 Å². The summed E-state index contributed by atoms with van der Waals surface area (Å²) in [6.07, 6.45) is 2.06. The molecule has 0 aromatic carbocycles. The normalized spacial score (nSPS) is 12.1. The van der Waals surface area contributed by atoms with Crippen molar-refractivity contribution >= 4 is 40.0 Å². The number of aliphatic imine (C=N–C) groups is 1. The SMILES string of the molecule is CCNC(=NCc1cc(C(CC)CC)no1)NCCNS(=O)(=O)CC.I. The van der Waals surface area contributed by atoms with Gasteiger partial charge in [-0.15, -0.1) is 24.0 Å². The van der Waals surface area contributed by atoms with Gasteiger partial charge in [-0.05, 0) is 26.7 Å². The Hall–Kier alpha value is -0.880. The highest BCUT2D eigenvalue weighted by atomic mass is 127. The standard InChI is InChI=1S/C16H31N5O3S.HI/c1-5-13(6-2)15-11-14(24-21-15)12-19-16(17-7-3)18-9-10-20-25(22,23)8-4;/h11,13,20H,5-10,12H2,1-4H3,(H2,17,18,19);1H. The van der Waals surface area contributed by atoms with Crippen LogP contribution in [0.3, 0.4) is 0 Å². The van der Waals surface area contributed by atoms with Crippen LogP contribution in [0, 0.1) is 0 Å². The Labute approximate surface area is 174 Å². The second-order valence-corrected chi connectivity index (χ2v) is 7.75. The first-order valence-electron chi connectivity index (χ1n) is 8.90. The first-order valence-corrected chi connectivity index (χ1v) is 10.6. The lowest BCUT2D eigenvalue weighted by Gasteiger charge is -2.11. The molecule has 0 fully saturated rings. The third-order valence-electron chi connectivity index (χ3n) is 3.84. The molecule has 0 saturated heterocycles. The number of rotatable bonds is 11. The van der Waals surface area contributed by atoms with Crippen LogP contribution >= 0.6 is 24.0 Å². The van der Waals surface area contributed by atoms with Gasteiger partial charge in [-0.3, -0.25) is 0 Å². The second-order valence-electron chi connectivity index (χ2n) is 5.65. The topological polar surface area (TPSA) is 109 Å². The third-order valence-corrected chi connectivity index (χ3v) is 5.24. The van der Waals surface area contributed by atoms with Crippen LogP contribution < -0.4 is 15.4 Å². The van der Waals surface area contributed by atoms with Crippen LogP contribution in [0.15, 0.2) is 15.6 Å². The lowest BCUT2D eigenvalue weighted by atomic mass is 9.99. The Bertz CT molecular complexity index is 630. The van der Waals surface area contributed by atoms with E-state index in [9.17, 15) is 8.42 Å². The molecule has 152 valence electrons. The number of hydrogen-bond acceptors (Lipinski definition) is 5. The van der Waals surface area contributed by atoms with Gasteiger partial charge in [0.1, 0.15) is 6.54 Å². The Morgan fingerprint density at radius 3 is 2.46 bits per heavy atom. The number of guanidine groups is 1. The van der Waals surface area contributed by atoms with Crippen molar-refractivity contribution in [2.45, 2.75) is 53.0 Å². The summed E-state index contributed by atoms with van der Waals surface area (Å²) < 4.78 is 30.6. The van der Waals surface area contributed by atoms with E-state index in [2.05, 4.69) is 39.4 Å². The van der Waals surface area contributed by atoms with E-state index >= 15 is 0 Å². The minimum atomic E-state index is -3.17. The number of aromatic nitrogens is 1. The third kappa shape index (κ3) is 9.17. The van der Waals surface area contributed by atoms with E-state index in [1.54, 1.807) is 6.92 Å². The molecule has 0 aliphatic rings. The predicted octanol–water partition coefficient (Wildman–Crippen LogP) is 2.19. The lowest BCUT2D eigenvalue weighted by molar-refractivity contribution is 0.372. The van der Waals surface area contributed by atoms with Crippen molar-refractivity contribution in [3.63, 3.8) is 0 Å². The van der Waals surface area contributed by atoms with Crippen LogP contribution in [-0.4, -0.2) is 44.9 Å². The average Bonchev–Trinajstić information content (AvgIpc) is 3.06. The van der Waals surface area contributed by atoms with Crippen molar-refractivity contribution in [3.8, 4) is 0 Å². The maximum atomic E-state index is 11.4. The van der Waals surface area contributed by atoms with E-state index in [0.717, 1.165) is 18.5 Å². The summed E-state index contributed by atoms with van der Waals surface area (Å²) in [5.74, 6) is 1.81. The molecule has 1 heterocycles. The van der Waals surface area contributed by atoms with Gasteiger partial charge in [0.05, 0.1) is 11.4 Å². The van der Waals surface area contributed by atoms with Crippen molar-refractivity contribution in [2.75, 3.05) is 25.4 Å². The van der Waals surface area contributed by atoms with Gasteiger partial charge in [0, 0.05) is 31.6 Å². The molecular weight excluding hydrogens is 469 g/mol. The molecule has 8 nitrogen and oxygen atoms in total. The Morgan fingerprint density at radius 2 is 1.88 bits per heavy atom. The maximum absolute atomic E-state index is 11.4. The number of sulfonamides is 1. The molecule has 1 aromatic heterocycles. The van der Waals surface area contributed by atoms with Crippen molar-refractivity contribution in [2.24, 2.45) is 4.99 Å². The van der Waals surface area contributed by atoms with Crippen LogP contribution in [0.1, 0.15) is 57.9 Å². The molecule has 0 spiro atoms. The molecule has 3 N–H and O–H groups in total. The molecule has 26 heavy (non-hydrogen) atoms. The van der Waals surface area contributed by atoms with E-state index in [1.807, 2.05) is 13.0 Å². The highest BCUT2D eigenvalue weighted by Gasteiger charge is 2.12. The summed E-state index contributed by atoms with van der Waals surface area (Å²) >= 11 is 0. The van der Waals surface area contributed by atoms with Crippen molar-refractivity contribution < 1.29 is 12.9 Å². The fraction of sp³-hybridized carbons (Fsp3) is 0.750. The monoisotopic (exact) mass is 501 g/mol. The van der Waals surface area contributed by atoms with E-state index in [1.165, 1.54) is 0 Å². The fourth-order valence-corrected chi connectivity index (χ4v) is 2.91. The summed E-state index contributed by atoms with van der Waals surface area (Å²) in [4.78, 5) is 4.45. The molecule has 1 aromatic rings. The Morgan fingerprint density at radius 1 is 1.19 bits per heavy atom. The number of nitrogens with one attached hydrogen (secondary N) is 3. The number of nitrogens with zero attached hydrogens (tertiary/aromatic N) is 2. The van der Waals surface area contributed by atoms with E-state index in [-0.39, 0.29) is 29.7 Å². The molecule has 10 heteroatoms. The van der Waals surface area contributed by atoms with Crippen molar-refractivity contribution in [3.05, 3.63) is 17.5 Å². The number of hydrogen-bond donors (Lipinski definition) is 3. The van der Waals surface area contributed by atoms with E-state index in [4.69, 9.17) is 4.52 Å². The van der Waals surface area contributed by atoms with Crippen molar-refractivity contribution in [1.82, 2.24) is 20.5 Å². The highest BCUT2D eigenvalue weighted by molar-refractivity contribution is 14.0. The zero-order chi connectivity index (χ0) is 18.7.